The minimum absolute atomic E-state index is 0.549. The van der Waals surface area contributed by atoms with Crippen LogP contribution in [0.15, 0.2) is 48.8 Å². The molecule has 2 N–H and O–H groups in total. The fourth-order valence-corrected chi connectivity index (χ4v) is 1.85. The number of carboxylic acid groups (broad SMARTS) is 1. The highest BCUT2D eigenvalue weighted by molar-refractivity contribution is 5.75. The number of carboxylic acids is 1. The summed E-state index contributed by atoms with van der Waals surface area (Å²) in [5, 5.41) is 19.1. The van der Waals surface area contributed by atoms with Gasteiger partial charge < -0.3 is 10.2 Å². The summed E-state index contributed by atoms with van der Waals surface area (Å²) in [5.41, 5.74) is 2.21. The average Bonchev–Trinajstić information content (AvgIpc) is 2.46. The number of aliphatic carboxylic acids is 1. The van der Waals surface area contributed by atoms with Crippen molar-refractivity contribution in [3.8, 4) is 0 Å². The highest BCUT2D eigenvalue weighted by atomic mass is 16.4. The van der Waals surface area contributed by atoms with E-state index in [0.717, 1.165) is 16.7 Å². The summed E-state index contributed by atoms with van der Waals surface area (Å²) < 4.78 is 0. The van der Waals surface area contributed by atoms with Gasteiger partial charge >= 0.3 is 5.97 Å². The smallest absolute Gasteiger partial charge is 0.310 e. The molecule has 2 aromatic rings. The molecule has 1 heterocycles. The second kappa shape index (κ2) is 5.63. The van der Waals surface area contributed by atoms with Crippen molar-refractivity contribution in [2.24, 2.45) is 0 Å². The number of carbonyl (C=O) groups is 1. The predicted octanol–water partition coefficient (Wildman–Crippen LogP) is 2.35. The van der Waals surface area contributed by atoms with Gasteiger partial charge in [-0.1, -0.05) is 24.3 Å². The number of aliphatic hydroxyl groups excluding tert-OH is 1. The number of benzene rings is 1. The second-order valence-corrected chi connectivity index (χ2v) is 4.41. The number of aliphatic hydroxyl groups is 1. The average molecular weight is 257 g/mol. The molecule has 0 bridgehead atoms. The molecule has 1 aromatic carbocycles. The van der Waals surface area contributed by atoms with Crippen molar-refractivity contribution in [3.63, 3.8) is 0 Å². The summed E-state index contributed by atoms with van der Waals surface area (Å²) >= 11 is 0. The van der Waals surface area contributed by atoms with Gasteiger partial charge in [-0.2, -0.15) is 0 Å². The SMILES string of the molecule is CC(C(=O)O)c1ccc(C(O)c2ccncc2)cc1. The van der Waals surface area contributed by atoms with Crippen LogP contribution >= 0.6 is 0 Å². The van der Waals surface area contributed by atoms with E-state index in [2.05, 4.69) is 4.98 Å². The van der Waals surface area contributed by atoms with Crippen LogP contribution in [0.25, 0.3) is 0 Å². The number of nitrogens with zero attached hydrogens (tertiary/aromatic N) is 1. The summed E-state index contributed by atoms with van der Waals surface area (Å²) in [6.45, 7) is 1.64. The van der Waals surface area contributed by atoms with Gasteiger partial charge in [0.2, 0.25) is 0 Å². The maximum absolute atomic E-state index is 10.9. The molecule has 1 aromatic heterocycles. The van der Waals surface area contributed by atoms with Crippen molar-refractivity contribution in [1.82, 2.24) is 4.98 Å². The number of hydrogen-bond acceptors (Lipinski definition) is 3. The summed E-state index contributed by atoms with van der Waals surface area (Å²) in [5.74, 6) is -1.41. The Morgan fingerprint density at radius 1 is 1.00 bits per heavy atom. The van der Waals surface area contributed by atoms with E-state index in [0.29, 0.717) is 0 Å². The van der Waals surface area contributed by atoms with Gasteiger partial charge in [-0.25, -0.2) is 0 Å². The molecule has 2 rings (SSSR count). The summed E-state index contributed by atoms with van der Waals surface area (Å²) in [6, 6.07) is 10.5. The first-order valence-electron chi connectivity index (χ1n) is 6.00. The van der Waals surface area contributed by atoms with Crippen molar-refractivity contribution in [1.29, 1.82) is 0 Å². The Kier molecular flexibility index (Phi) is 3.92. The highest BCUT2D eigenvalue weighted by Crippen LogP contribution is 2.23. The molecule has 0 spiro atoms. The third kappa shape index (κ3) is 2.98. The van der Waals surface area contributed by atoms with E-state index in [-0.39, 0.29) is 0 Å². The van der Waals surface area contributed by atoms with Gasteiger partial charge in [0.15, 0.2) is 0 Å². The van der Waals surface area contributed by atoms with Crippen LogP contribution in [0, 0.1) is 0 Å². The number of aromatic nitrogens is 1. The Balaban J connectivity index is 2.21. The van der Waals surface area contributed by atoms with E-state index < -0.39 is 18.0 Å². The van der Waals surface area contributed by atoms with Crippen LogP contribution in [0.1, 0.15) is 35.6 Å². The molecule has 4 heteroatoms. The molecule has 4 nitrogen and oxygen atoms in total. The lowest BCUT2D eigenvalue weighted by Crippen LogP contribution is -2.07. The molecule has 0 saturated carbocycles. The van der Waals surface area contributed by atoms with Crippen LogP contribution in [0.3, 0.4) is 0 Å². The molecule has 0 aliphatic rings. The van der Waals surface area contributed by atoms with Crippen LogP contribution in [-0.2, 0) is 4.79 Å². The van der Waals surface area contributed by atoms with E-state index in [1.165, 1.54) is 0 Å². The maximum Gasteiger partial charge on any atom is 0.310 e. The topological polar surface area (TPSA) is 70.4 Å². The minimum atomic E-state index is -0.859. The molecule has 0 fully saturated rings. The first kappa shape index (κ1) is 13.2. The monoisotopic (exact) mass is 257 g/mol. The minimum Gasteiger partial charge on any atom is -0.481 e. The molecule has 0 amide bonds. The lowest BCUT2D eigenvalue weighted by atomic mass is 9.96. The molecular formula is C15H15NO3. The molecule has 2 atom stereocenters. The fourth-order valence-electron chi connectivity index (χ4n) is 1.85. The quantitative estimate of drug-likeness (QED) is 0.882. The van der Waals surface area contributed by atoms with Gasteiger partial charge in [-0.05, 0) is 35.7 Å². The molecule has 0 saturated heterocycles. The van der Waals surface area contributed by atoms with Crippen molar-refractivity contribution < 1.29 is 15.0 Å². The zero-order chi connectivity index (χ0) is 13.8. The second-order valence-electron chi connectivity index (χ2n) is 4.41. The molecule has 98 valence electrons. The number of hydrogen-bond donors (Lipinski definition) is 2. The first-order chi connectivity index (χ1) is 9.09. The van der Waals surface area contributed by atoms with E-state index in [4.69, 9.17) is 5.11 Å². The molecule has 0 aliphatic carbocycles. The zero-order valence-corrected chi connectivity index (χ0v) is 10.5. The third-order valence-electron chi connectivity index (χ3n) is 3.14. The fraction of sp³-hybridized carbons (Fsp3) is 0.200. The van der Waals surface area contributed by atoms with E-state index >= 15 is 0 Å². The van der Waals surface area contributed by atoms with Crippen molar-refractivity contribution >= 4 is 5.97 Å². The molecular weight excluding hydrogens is 242 g/mol. The normalized spacial score (nSPS) is 13.8. The molecule has 0 aliphatic heterocycles. The van der Waals surface area contributed by atoms with E-state index in [1.807, 2.05) is 0 Å². The van der Waals surface area contributed by atoms with Gasteiger partial charge in [0, 0.05) is 12.4 Å². The third-order valence-corrected chi connectivity index (χ3v) is 3.14. The van der Waals surface area contributed by atoms with Gasteiger partial charge in [0.25, 0.3) is 0 Å². The Bertz CT molecular complexity index is 551. The summed E-state index contributed by atoms with van der Waals surface area (Å²) in [7, 11) is 0. The number of pyridine rings is 1. The molecule has 19 heavy (non-hydrogen) atoms. The lowest BCUT2D eigenvalue weighted by molar-refractivity contribution is -0.138. The van der Waals surface area contributed by atoms with E-state index in [1.54, 1.807) is 55.7 Å². The van der Waals surface area contributed by atoms with Crippen molar-refractivity contribution in [2.75, 3.05) is 0 Å². The molecule has 0 radical (unpaired) electrons. The van der Waals surface area contributed by atoms with Gasteiger partial charge in [0.1, 0.15) is 6.10 Å². The predicted molar refractivity (Wildman–Crippen MR) is 70.8 cm³/mol. The van der Waals surface area contributed by atoms with Crippen LogP contribution in [0.2, 0.25) is 0 Å². The van der Waals surface area contributed by atoms with Crippen LogP contribution in [-0.4, -0.2) is 21.2 Å². The van der Waals surface area contributed by atoms with Crippen LogP contribution in [0.4, 0.5) is 0 Å². The Labute approximate surface area is 111 Å². The van der Waals surface area contributed by atoms with Gasteiger partial charge in [-0.15, -0.1) is 0 Å². The zero-order valence-electron chi connectivity index (χ0n) is 10.5. The lowest BCUT2D eigenvalue weighted by Gasteiger charge is -2.13. The van der Waals surface area contributed by atoms with Crippen LogP contribution in [0.5, 0.6) is 0 Å². The van der Waals surface area contributed by atoms with Crippen molar-refractivity contribution in [3.05, 3.63) is 65.5 Å². The summed E-state index contributed by atoms with van der Waals surface area (Å²) in [4.78, 5) is 14.8. The highest BCUT2D eigenvalue weighted by Gasteiger charge is 2.15. The van der Waals surface area contributed by atoms with Gasteiger partial charge in [0.05, 0.1) is 5.92 Å². The Hall–Kier alpha value is -2.20. The maximum atomic E-state index is 10.9. The van der Waals surface area contributed by atoms with Gasteiger partial charge in [-0.3, -0.25) is 9.78 Å². The van der Waals surface area contributed by atoms with E-state index in [9.17, 15) is 9.90 Å². The molecule has 2 unspecified atom stereocenters. The standard InChI is InChI=1S/C15H15NO3/c1-10(15(18)19)11-2-4-12(5-3-11)14(17)13-6-8-16-9-7-13/h2-10,14,17H,1H3,(H,18,19). The Morgan fingerprint density at radius 2 is 1.47 bits per heavy atom. The van der Waals surface area contributed by atoms with Crippen molar-refractivity contribution in [2.45, 2.75) is 18.9 Å². The van der Waals surface area contributed by atoms with Crippen LogP contribution < -0.4 is 0 Å². The Morgan fingerprint density at radius 3 is 2.00 bits per heavy atom. The first-order valence-corrected chi connectivity index (χ1v) is 6.00. The number of rotatable bonds is 4. The largest absolute Gasteiger partial charge is 0.481 e. The summed E-state index contributed by atoms with van der Waals surface area (Å²) in [6.07, 6.45) is 2.52.